The highest BCUT2D eigenvalue weighted by Gasteiger charge is 2.25. The maximum absolute atomic E-state index is 11.4. The molecule has 14 heavy (non-hydrogen) atoms. The Morgan fingerprint density at radius 1 is 1.57 bits per heavy atom. The first-order valence-corrected chi connectivity index (χ1v) is 4.96. The maximum atomic E-state index is 11.4. The van der Waals surface area contributed by atoms with Crippen molar-refractivity contribution in [3.05, 3.63) is 0 Å². The number of nitrogens with two attached hydrogens (primary N) is 1. The van der Waals surface area contributed by atoms with Gasteiger partial charge in [-0.15, -0.1) is 0 Å². The lowest BCUT2D eigenvalue weighted by molar-refractivity contribution is 0.0505. The molecule has 4 heteroatoms. The van der Waals surface area contributed by atoms with Gasteiger partial charge in [-0.2, -0.15) is 0 Å². The summed E-state index contributed by atoms with van der Waals surface area (Å²) in [6, 6.07) is -0.915. The summed E-state index contributed by atoms with van der Waals surface area (Å²) in [5.41, 5.74) is 5.16. The van der Waals surface area contributed by atoms with E-state index in [4.69, 9.17) is 11.8 Å². The van der Waals surface area contributed by atoms with Crippen LogP contribution in [0.5, 0.6) is 0 Å². The van der Waals surface area contributed by atoms with Crippen molar-refractivity contribution in [2.75, 3.05) is 0 Å². The minimum absolute atomic E-state index is 0.0256. The number of alkyl carbamates (subject to hydrolysis) is 1. The highest BCUT2D eigenvalue weighted by atomic mass is 16.6. The molecule has 0 radical (unpaired) electrons. The molecule has 1 fully saturated rings. The van der Waals surface area contributed by atoms with E-state index in [9.17, 15) is 4.79 Å². The lowest BCUT2D eigenvalue weighted by Crippen LogP contribution is -2.38. The molecule has 1 rings (SSSR count). The summed E-state index contributed by atoms with van der Waals surface area (Å²) >= 11 is 0. The van der Waals surface area contributed by atoms with Crippen LogP contribution in [0, 0.1) is 0 Å². The van der Waals surface area contributed by atoms with Gasteiger partial charge in [0.2, 0.25) is 0 Å². The van der Waals surface area contributed by atoms with Gasteiger partial charge in [0, 0.05) is 13.4 Å². The molecule has 82 valence electrons. The van der Waals surface area contributed by atoms with Crippen LogP contribution < -0.4 is 11.1 Å². The van der Waals surface area contributed by atoms with Gasteiger partial charge in [0.1, 0.15) is 5.60 Å². The molecular formula is C10H20N2O2. The third-order valence-corrected chi connectivity index (χ3v) is 2.04. The van der Waals surface area contributed by atoms with E-state index < -0.39 is 17.7 Å². The van der Waals surface area contributed by atoms with Crippen LogP contribution in [0.15, 0.2) is 0 Å². The zero-order chi connectivity index (χ0) is 11.7. The molecule has 4 nitrogen and oxygen atoms in total. The SMILES string of the molecule is [2H][C@@]1(N)CC[C@@H](NC(=O)OC(C)(C)C)C1. The molecule has 0 saturated heterocycles. The number of carbonyl (C=O) groups is 1. The first-order valence-electron chi connectivity index (χ1n) is 5.46. The van der Waals surface area contributed by atoms with Crippen LogP contribution >= 0.6 is 0 Å². The highest BCUT2D eigenvalue weighted by molar-refractivity contribution is 5.68. The minimum Gasteiger partial charge on any atom is -0.444 e. The number of hydrogen-bond acceptors (Lipinski definition) is 3. The third kappa shape index (κ3) is 3.96. The summed E-state index contributed by atoms with van der Waals surface area (Å²) < 4.78 is 12.7. The van der Waals surface area contributed by atoms with Gasteiger partial charge in [-0.1, -0.05) is 0 Å². The van der Waals surface area contributed by atoms with Crippen molar-refractivity contribution in [3.63, 3.8) is 0 Å². The van der Waals surface area contributed by atoms with E-state index >= 15 is 0 Å². The van der Waals surface area contributed by atoms with E-state index in [1.165, 1.54) is 0 Å². The van der Waals surface area contributed by atoms with Crippen LogP contribution in [-0.2, 0) is 4.74 Å². The van der Waals surface area contributed by atoms with E-state index in [1.807, 2.05) is 20.8 Å². The van der Waals surface area contributed by atoms with Gasteiger partial charge in [-0.05, 0) is 40.0 Å². The predicted octanol–water partition coefficient (Wildman–Crippen LogP) is 1.39. The fourth-order valence-corrected chi connectivity index (χ4v) is 1.48. The predicted molar refractivity (Wildman–Crippen MR) is 55.0 cm³/mol. The molecule has 0 unspecified atom stereocenters. The summed E-state index contributed by atoms with van der Waals surface area (Å²) in [6.45, 7) is 5.46. The van der Waals surface area contributed by atoms with Gasteiger partial charge >= 0.3 is 6.09 Å². The van der Waals surface area contributed by atoms with Crippen LogP contribution in [0.4, 0.5) is 4.79 Å². The largest absolute Gasteiger partial charge is 0.444 e. The molecule has 0 bridgehead atoms. The summed E-state index contributed by atoms with van der Waals surface area (Å²) in [7, 11) is 0. The van der Waals surface area contributed by atoms with Gasteiger partial charge in [0.15, 0.2) is 0 Å². The van der Waals surface area contributed by atoms with E-state index in [-0.39, 0.29) is 6.04 Å². The lowest BCUT2D eigenvalue weighted by Gasteiger charge is -2.21. The number of carbonyl (C=O) groups excluding carboxylic acids is 1. The van der Waals surface area contributed by atoms with Gasteiger partial charge < -0.3 is 15.8 Å². The van der Waals surface area contributed by atoms with E-state index in [0.29, 0.717) is 12.8 Å². The molecule has 1 amide bonds. The van der Waals surface area contributed by atoms with Crippen molar-refractivity contribution in [1.82, 2.24) is 5.32 Å². The Hall–Kier alpha value is -0.770. The van der Waals surface area contributed by atoms with Crippen LogP contribution in [0.1, 0.15) is 41.4 Å². The maximum Gasteiger partial charge on any atom is 0.407 e. The highest BCUT2D eigenvalue weighted by Crippen LogP contribution is 2.17. The zero-order valence-corrected chi connectivity index (χ0v) is 9.09. The molecule has 1 saturated carbocycles. The van der Waals surface area contributed by atoms with Crippen molar-refractivity contribution in [3.8, 4) is 0 Å². The van der Waals surface area contributed by atoms with E-state index in [2.05, 4.69) is 5.32 Å². The normalized spacial score (nSPS) is 33.7. The first-order chi connectivity index (χ1) is 6.68. The van der Waals surface area contributed by atoms with Gasteiger partial charge in [0.25, 0.3) is 0 Å². The van der Waals surface area contributed by atoms with Crippen molar-refractivity contribution in [2.24, 2.45) is 5.73 Å². The summed E-state index contributed by atoms with van der Waals surface area (Å²) in [6.07, 6.45) is 1.43. The molecule has 0 heterocycles. The van der Waals surface area contributed by atoms with E-state index in [1.54, 1.807) is 0 Å². The first kappa shape index (κ1) is 9.77. The second-order valence-electron chi connectivity index (χ2n) is 4.74. The Kier molecular flexibility index (Phi) is 2.91. The molecule has 0 aromatic rings. The molecular weight excluding hydrogens is 180 g/mol. The molecule has 0 aromatic carbocycles. The zero-order valence-electron chi connectivity index (χ0n) is 10.1. The molecule has 1 aliphatic rings. The quantitative estimate of drug-likeness (QED) is 0.674. The fraction of sp³-hybridized carbons (Fsp3) is 0.900. The minimum atomic E-state index is -0.889. The molecule has 3 N–H and O–H groups in total. The van der Waals surface area contributed by atoms with Crippen LogP contribution in [0.25, 0.3) is 0 Å². The summed E-state index contributed by atoms with van der Waals surface area (Å²) in [5, 5.41) is 2.73. The Labute approximate surface area is 86.6 Å². The lowest BCUT2D eigenvalue weighted by atomic mass is 10.2. The van der Waals surface area contributed by atoms with Crippen molar-refractivity contribution in [2.45, 2.75) is 57.7 Å². The van der Waals surface area contributed by atoms with Crippen LogP contribution in [-0.4, -0.2) is 23.8 Å². The van der Waals surface area contributed by atoms with E-state index in [0.717, 1.165) is 6.42 Å². The second-order valence-corrected chi connectivity index (χ2v) is 4.74. The second kappa shape index (κ2) is 4.17. The summed E-state index contributed by atoms with van der Waals surface area (Å²) in [5.74, 6) is 0. The Balaban J connectivity index is 2.34. The number of ether oxygens (including phenoxy) is 1. The molecule has 0 spiro atoms. The fourth-order valence-electron chi connectivity index (χ4n) is 1.48. The Morgan fingerprint density at radius 2 is 2.21 bits per heavy atom. The van der Waals surface area contributed by atoms with Crippen LogP contribution in [0.3, 0.4) is 0 Å². The standard InChI is InChI=1S/C10H20N2O2/c1-10(2,3)14-9(13)12-8-5-4-7(11)6-8/h7-8H,4-6,11H2,1-3H3,(H,12,13)/t7-,8-/m1/s1/i7D. The Morgan fingerprint density at radius 3 is 2.64 bits per heavy atom. The monoisotopic (exact) mass is 201 g/mol. The Bertz CT molecular complexity index is 248. The van der Waals surface area contributed by atoms with Gasteiger partial charge in [-0.3, -0.25) is 0 Å². The van der Waals surface area contributed by atoms with Crippen molar-refractivity contribution < 1.29 is 10.9 Å². The number of amides is 1. The third-order valence-electron chi connectivity index (χ3n) is 2.04. The average Bonchev–Trinajstić information content (AvgIpc) is 2.25. The molecule has 0 aromatic heterocycles. The van der Waals surface area contributed by atoms with Crippen LogP contribution in [0.2, 0.25) is 0 Å². The smallest absolute Gasteiger partial charge is 0.407 e. The molecule has 1 aliphatic carbocycles. The van der Waals surface area contributed by atoms with Gasteiger partial charge in [0.05, 0.1) is 0 Å². The van der Waals surface area contributed by atoms with Crippen molar-refractivity contribution in [1.29, 1.82) is 0 Å². The van der Waals surface area contributed by atoms with Crippen molar-refractivity contribution >= 4 is 6.09 Å². The number of rotatable bonds is 1. The number of hydrogen-bond donors (Lipinski definition) is 2. The average molecular weight is 201 g/mol. The summed E-state index contributed by atoms with van der Waals surface area (Å²) in [4.78, 5) is 11.4. The van der Waals surface area contributed by atoms with Gasteiger partial charge in [-0.25, -0.2) is 4.79 Å². The number of nitrogens with one attached hydrogen (secondary N) is 1. The topological polar surface area (TPSA) is 64.3 Å². The molecule has 2 atom stereocenters. The molecule has 0 aliphatic heterocycles.